The number of carbonyl (C=O) groups excluding carboxylic acids is 1. The summed E-state index contributed by atoms with van der Waals surface area (Å²) in [5.41, 5.74) is 0.723. The Hall–Kier alpha value is -1.03. The smallest absolute Gasteiger partial charge is 0.271 e. The van der Waals surface area contributed by atoms with Crippen molar-refractivity contribution >= 4 is 21.8 Å². The normalized spacial score (nSPS) is 14.9. The largest absolute Gasteiger partial charge is 0.345 e. The topological polar surface area (TPSA) is 25.2 Å². The minimum absolute atomic E-state index is 0.0931. The first-order valence-corrected chi connectivity index (χ1v) is 6.16. The molecular weight excluding hydrogens is 268 g/mol. The van der Waals surface area contributed by atoms with E-state index in [0.29, 0.717) is 12.6 Å². The molecule has 2 rings (SSSR count). The van der Waals surface area contributed by atoms with E-state index in [-0.39, 0.29) is 5.91 Å². The molecule has 16 heavy (non-hydrogen) atoms. The van der Waals surface area contributed by atoms with Crippen LogP contribution < -0.4 is 0 Å². The van der Waals surface area contributed by atoms with E-state index in [9.17, 15) is 4.79 Å². The molecule has 1 aromatic heterocycles. The van der Waals surface area contributed by atoms with E-state index in [1.54, 1.807) is 6.08 Å². The standard InChI is InChI=1S/C12H15BrN2O/c1-3-6-15(10-4-5-10)12(16)11-7-9(13)8-14(11)2/h3,7-8,10H,1,4-6H2,2H3. The van der Waals surface area contributed by atoms with Gasteiger partial charge in [-0.15, -0.1) is 6.58 Å². The van der Waals surface area contributed by atoms with Gasteiger partial charge in [-0.05, 0) is 34.8 Å². The average Bonchev–Trinajstić information content (AvgIpc) is 3.00. The minimum atomic E-state index is 0.0931. The molecule has 1 saturated carbocycles. The van der Waals surface area contributed by atoms with Crippen molar-refractivity contribution in [1.29, 1.82) is 0 Å². The van der Waals surface area contributed by atoms with Crippen LogP contribution in [0.1, 0.15) is 23.3 Å². The highest BCUT2D eigenvalue weighted by molar-refractivity contribution is 9.10. The molecule has 1 aliphatic carbocycles. The highest BCUT2D eigenvalue weighted by Gasteiger charge is 2.33. The Morgan fingerprint density at radius 1 is 1.75 bits per heavy atom. The number of aryl methyl sites for hydroxylation is 1. The molecule has 0 saturated heterocycles. The van der Waals surface area contributed by atoms with Gasteiger partial charge in [0, 0.05) is 30.3 Å². The van der Waals surface area contributed by atoms with E-state index in [0.717, 1.165) is 23.0 Å². The number of hydrogen-bond acceptors (Lipinski definition) is 1. The van der Waals surface area contributed by atoms with Crippen LogP contribution in [0.5, 0.6) is 0 Å². The van der Waals surface area contributed by atoms with Crippen LogP contribution in [0.25, 0.3) is 0 Å². The summed E-state index contributed by atoms with van der Waals surface area (Å²) in [6.45, 7) is 4.34. The molecule has 0 unspecified atom stereocenters. The number of halogens is 1. The monoisotopic (exact) mass is 282 g/mol. The van der Waals surface area contributed by atoms with Gasteiger partial charge in [0.05, 0.1) is 0 Å². The molecule has 1 aromatic rings. The van der Waals surface area contributed by atoms with Gasteiger partial charge in [0.15, 0.2) is 0 Å². The maximum absolute atomic E-state index is 12.3. The predicted molar refractivity (Wildman–Crippen MR) is 67.4 cm³/mol. The van der Waals surface area contributed by atoms with Gasteiger partial charge in [0.25, 0.3) is 5.91 Å². The lowest BCUT2D eigenvalue weighted by Crippen LogP contribution is -2.34. The number of carbonyl (C=O) groups is 1. The van der Waals surface area contributed by atoms with Gasteiger partial charge in [-0.25, -0.2) is 0 Å². The molecule has 0 spiro atoms. The summed E-state index contributed by atoms with van der Waals surface area (Å²) in [6.07, 6.45) is 5.91. The molecule has 1 amide bonds. The van der Waals surface area contributed by atoms with Crippen molar-refractivity contribution < 1.29 is 4.79 Å². The summed E-state index contributed by atoms with van der Waals surface area (Å²) in [4.78, 5) is 14.2. The molecule has 0 aromatic carbocycles. The van der Waals surface area contributed by atoms with E-state index in [1.807, 2.05) is 28.8 Å². The molecule has 1 heterocycles. The fourth-order valence-corrected chi connectivity index (χ4v) is 2.33. The molecule has 0 N–H and O–H groups in total. The number of rotatable bonds is 4. The third-order valence-corrected chi connectivity index (χ3v) is 3.20. The molecule has 3 nitrogen and oxygen atoms in total. The average molecular weight is 283 g/mol. The summed E-state index contributed by atoms with van der Waals surface area (Å²) in [6, 6.07) is 2.28. The van der Waals surface area contributed by atoms with E-state index in [4.69, 9.17) is 0 Å². The molecular formula is C12H15BrN2O. The second-order valence-corrected chi connectivity index (χ2v) is 5.05. The molecule has 4 heteroatoms. The van der Waals surface area contributed by atoms with Gasteiger partial charge in [-0.1, -0.05) is 6.08 Å². The summed E-state index contributed by atoms with van der Waals surface area (Å²) >= 11 is 3.38. The van der Waals surface area contributed by atoms with Crippen molar-refractivity contribution in [1.82, 2.24) is 9.47 Å². The Morgan fingerprint density at radius 3 is 2.88 bits per heavy atom. The fraction of sp³-hybridized carbons (Fsp3) is 0.417. The summed E-state index contributed by atoms with van der Waals surface area (Å²) in [5.74, 6) is 0.0931. The van der Waals surface area contributed by atoms with Crippen molar-refractivity contribution in [3.05, 3.63) is 35.1 Å². The lowest BCUT2D eigenvalue weighted by atomic mass is 10.3. The third-order valence-electron chi connectivity index (χ3n) is 2.76. The second kappa shape index (κ2) is 4.45. The maximum Gasteiger partial charge on any atom is 0.271 e. The number of nitrogens with zero attached hydrogens (tertiary/aromatic N) is 2. The first kappa shape index (κ1) is 11.5. The zero-order valence-electron chi connectivity index (χ0n) is 9.32. The molecule has 0 atom stereocenters. The lowest BCUT2D eigenvalue weighted by Gasteiger charge is -2.20. The van der Waals surface area contributed by atoms with Crippen LogP contribution in [0.4, 0.5) is 0 Å². The lowest BCUT2D eigenvalue weighted by molar-refractivity contribution is 0.0753. The third kappa shape index (κ3) is 2.21. The van der Waals surface area contributed by atoms with Gasteiger partial charge >= 0.3 is 0 Å². The first-order chi connectivity index (χ1) is 7.63. The Balaban J connectivity index is 2.21. The van der Waals surface area contributed by atoms with E-state index in [2.05, 4.69) is 22.5 Å². The van der Waals surface area contributed by atoms with Crippen LogP contribution in [0, 0.1) is 0 Å². The molecule has 0 aliphatic heterocycles. The zero-order chi connectivity index (χ0) is 11.7. The van der Waals surface area contributed by atoms with E-state index >= 15 is 0 Å². The van der Waals surface area contributed by atoms with Gasteiger partial charge < -0.3 is 9.47 Å². The first-order valence-electron chi connectivity index (χ1n) is 5.37. The van der Waals surface area contributed by atoms with Crippen LogP contribution in [0.2, 0.25) is 0 Å². The van der Waals surface area contributed by atoms with Crippen molar-refractivity contribution in [2.75, 3.05) is 6.54 Å². The molecule has 0 bridgehead atoms. The summed E-state index contributed by atoms with van der Waals surface area (Å²) < 4.78 is 2.79. The quantitative estimate of drug-likeness (QED) is 0.780. The predicted octanol–water partition coefficient (Wildman–Crippen LogP) is 2.58. The van der Waals surface area contributed by atoms with E-state index < -0.39 is 0 Å². The van der Waals surface area contributed by atoms with Gasteiger partial charge in [-0.2, -0.15) is 0 Å². The van der Waals surface area contributed by atoms with Crippen LogP contribution >= 0.6 is 15.9 Å². The number of aromatic nitrogens is 1. The molecule has 86 valence electrons. The number of amides is 1. The zero-order valence-corrected chi connectivity index (χ0v) is 10.9. The Labute approximate surface area is 104 Å². The Bertz CT molecular complexity index is 421. The Kier molecular flexibility index (Phi) is 3.19. The SMILES string of the molecule is C=CCN(C(=O)c1cc(Br)cn1C)C1CC1. The number of hydrogen-bond donors (Lipinski definition) is 0. The molecule has 1 aliphatic rings. The van der Waals surface area contributed by atoms with Gasteiger partial charge in [0.1, 0.15) is 5.69 Å². The van der Waals surface area contributed by atoms with Crippen LogP contribution in [0.3, 0.4) is 0 Å². The summed E-state index contributed by atoms with van der Waals surface area (Å²) in [7, 11) is 1.89. The highest BCUT2D eigenvalue weighted by atomic mass is 79.9. The second-order valence-electron chi connectivity index (χ2n) is 4.13. The molecule has 0 radical (unpaired) electrons. The minimum Gasteiger partial charge on any atom is -0.345 e. The van der Waals surface area contributed by atoms with Crippen molar-refractivity contribution in [3.8, 4) is 0 Å². The van der Waals surface area contributed by atoms with E-state index in [1.165, 1.54) is 0 Å². The van der Waals surface area contributed by atoms with Crippen LogP contribution in [0.15, 0.2) is 29.4 Å². The van der Waals surface area contributed by atoms with Gasteiger partial charge in [-0.3, -0.25) is 4.79 Å². The highest BCUT2D eigenvalue weighted by Crippen LogP contribution is 2.28. The molecule has 1 fully saturated rings. The summed E-state index contributed by atoms with van der Waals surface area (Å²) in [5, 5.41) is 0. The van der Waals surface area contributed by atoms with Crippen LogP contribution in [-0.4, -0.2) is 28.0 Å². The maximum atomic E-state index is 12.3. The van der Waals surface area contributed by atoms with Crippen molar-refractivity contribution in [2.24, 2.45) is 7.05 Å². The Morgan fingerprint density at radius 2 is 2.44 bits per heavy atom. The van der Waals surface area contributed by atoms with Crippen molar-refractivity contribution in [2.45, 2.75) is 18.9 Å². The van der Waals surface area contributed by atoms with Crippen LogP contribution in [-0.2, 0) is 7.05 Å². The fourth-order valence-electron chi connectivity index (χ4n) is 1.81. The van der Waals surface area contributed by atoms with Gasteiger partial charge in [0.2, 0.25) is 0 Å². The van der Waals surface area contributed by atoms with Crippen molar-refractivity contribution in [3.63, 3.8) is 0 Å².